The van der Waals surface area contributed by atoms with E-state index in [0.29, 0.717) is 22.9 Å². The van der Waals surface area contributed by atoms with Gasteiger partial charge in [-0.2, -0.15) is 9.61 Å². The maximum Gasteiger partial charge on any atom is 0.223 e. The summed E-state index contributed by atoms with van der Waals surface area (Å²) in [5.74, 6) is 0.971. The Labute approximate surface area is 173 Å². The van der Waals surface area contributed by atoms with Crippen LogP contribution in [-0.2, 0) is 6.54 Å². The second kappa shape index (κ2) is 8.71. The number of thiazole rings is 1. The third-order valence-electron chi connectivity index (χ3n) is 4.95. The number of piperidine rings is 1. The lowest BCUT2D eigenvalue weighted by molar-refractivity contribution is 0.222. The number of hydrogen-bond acceptors (Lipinski definition) is 8. The van der Waals surface area contributed by atoms with Crippen LogP contribution < -0.4 is 10.5 Å². The number of aromatic nitrogens is 5. The van der Waals surface area contributed by atoms with Crippen molar-refractivity contribution >= 4 is 33.8 Å². The van der Waals surface area contributed by atoms with Gasteiger partial charge in [0.05, 0.1) is 12.1 Å². The summed E-state index contributed by atoms with van der Waals surface area (Å²) in [6, 6.07) is 5.63. The number of nitrogens with two attached hydrogens (primary N) is 1. The Kier molecular flexibility index (Phi) is 5.86. The number of fused-ring (bicyclic) bond motifs is 3. The van der Waals surface area contributed by atoms with E-state index in [1.165, 1.54) is 53.1 Å². The maximum absolute atomic E-state index is 5.78. The van der Waals surface area contributed by atoms with E-state index in [0.717, 1.165) is 11.9 Å². The van der Waals surface area contributed by atoms with Crippen molar-refractivity contribution in [1.29, 1.82) is 0 Å². The van der Waals surface area contributed by atoms with Crippen LogP contribution in [0.5, 0.6) is 5.75 Å². The van der Waals surface area contributed by atoms with Crippen molar-refractivity contribution in [2.24, 2.45) is 0 Å². The highest BCUT2D eigenvalue weighted by molar-refractivity contribution is 7.11. The third kappa shape index (κ3) is 4.30. The van der Waals surface area contributed by atoms with Gasteiger partial charge in [-0.05, 0) is 45.0 Å². The van der Waals surface area contributed by atoms with Crippen LogP contribution in [0.4, 0.5) is 5.95 Å². The van der Waals surface area contributed by atoms with Crippen molar-refractivity contribution in [1.82, 2.24) is 29.5 Å². The molecule has 1 aromatic carbocycles. The summed E-state index contributed by atoms with van der Waals surface area (Å²) in [5.41, 5.74) is 7.16. The highest BCUT2D eigenvalue weighted by atomic mass is 32.1. The van der Waals surface area contributed by atoms with E-state index < -0.39 is 0 Å². The molecule has 0 radical (unpaired) electrons. The monoisotopic (exact) mass is 411 g/mol. The zero-order valence-corrected chi connectivity index (χ0v) is 17.5. The van der Waals surface area contributed by atoms with Crippen molar-refractivity contribution < 1.29 is 4.74 Å². The molecule has 0 atom stereocenters. The van der Waals surface area contributed by atoms with Gasteiger partial charge >= 0.3 is 0 Å². The van der Waals surface area contributed by atoms with Gasteiger partial charge in [-0.25, -0.2) is 15.0 Å². The first-order chi connectivity index (χ1) is 14.2. The van der Waals surface area contributed by atoms with Crippen molar-refractivity contribution in [3.63, 3.8) is 0 Å². The fraction of sp³-hybridized carbons (Fsp3) is 0.400. The van der Waals surface area contributed by atoms with Crippen LogP contribution in [0, 0.1) is 6.92 Å². The van der Waals surface area contributed by atoms with E-state index >= 15 is 0 Å². The molecule has 0 amide bonds. The Morgan fingerprint density at radius 2 is 2.00 bits per heavy atom. The van der Waals surface area contributed by atoms with Crippen LogP contribution in [0.25, 0.3) is 16.6 Å². The minimum Gasteiger partial charge on any atom is -0.494 e. The highest BCUT2D eigenvalue weighted by Gasteiger charge is 2.12. The lowest BCUT2D eigenvalue weighted by atomic mass is 10.1. The molecule has 29 heavy (non-hydrogen) atoms. The van der Waals surface area contributed by atoms with E-state index in [9.17, 15) is 0 Å². The molecule has 9 heteroatoms. The van der Waals surface area contributed by atoms with Gasteiger partial charge in [0.2, 0.25) is 5.95 Å². The van der Waals surface area contributed by atoms with Crippen LogP contribution >= 0.6 is 11.3 Å². The molecule has 4 heterocycles. The van der Waals surface area contributed by atoms with E-state index in [1.54, 1.807) is 7.11 Å². The standard InChI is InChI=1S/C10H9N5O.C10H16N2S/c1-16-7-4-2-3-6-8(7)14-10(11)15-9(6)12-5-13-15;1-9-11-7-10(13-9)8-12-5-3-2-4-6-12/h2-5H,1H3,(H2,11,14);7H,2-6,8H2,1H3. The van der Waals surface area contributed by atoms with Gasteiger partial charge in [-0.1, -0.05) is 12.5 Å². The molecule has 0 unspecified atom stereocenters. The molecule has 0 saturated carbocycles. The molecule has 8 nitrogen and oxygen atoms in total. The van der Waals surface area contributed by atoms with Gasteiger partial charge in [0.25, 0.3) is 0 Å². The van der Waals surface area contributed by atoms with Gasteiger partial charge < -0.3 is 10.5 Å². The lowest BCUT2D eigenvalue weighted by Crippen LogP contribution is -2.28. The van der Waals surface area contributed by atoms with Gasteiger partial charge in [0, 0.05) is 23.0 Å². The molecule has 4 aromatic rings. The molecule has 3 aromatic heterocycles. The lowest BCUT2D eigenvalue weighted by Gasteiger charge is -2.25. The number of rotatable bonds is 3. The number of nitrogens with zero attached hydrogens (tertiary/aromatic N) is 6. The number of benzene rings is 1. The summed E-state index contributed by atoms with van der Waals surface area (Å²) in [6.45, 7) is 5.74. The topological polar surface area (TPSA) is 94.5 Å². The Morgan fingerprint density at radius 3 is 2.72 bits per heavy atom. The van der Waals surface area contributed by atoms with Gasteiger partial charge in [0.1, 0.15) is 17.6 Å². The number of nitrogen functional groups attached to an aromatic ring is 1. The summed E-state index contributed by atoms with van der Waals surface area (Å²) < 4.78 is 6.73. The predicted molar refractivity (Wildman–Crippen MR) is 115 cm³/mol. The first-order valence-electron chi connectivity index (χ1n) is 9.71. The third-order valence-corrected chi connectivity index (χ3v) is 5.85. The number of methoxy groups -OCH3 is 1. The molecular weight excluding hydrogens is 386 g/mol. The SMILES string of the molecule is COc1cccc2c1nc(N)n1ncnc21.Cc1ncc(CN2CCCCC2)s1. The first-order valence-corrected chi connectivity index (χ1v) is 10.5. The molecule has 1 saturated heterocycles. The molecule has 0 bridgehead atoms. The number of anilines is 1. The van der Waals surface area contributed by atoms with Crippen molar-refractivity contribution in [2.45, 2.75) is 32.7 Å². The molecular formula is C20H25N7OS. The second-order valence-electron chi connectivity index (χ2n) is 7.00. The van der Waals surface area contributed by atoms with Crippen molar-refractivity contribution in [3.8, 4) is 5.75 Å². The second-order valence-corrected chi connectivity index (χ2v) is 8.32. The average molecular weight is 412 g/mol. The first kappa shape index (κ1) is 19.5. The zero-order valence-electron chi connectivity index (χ0n) is 16.7. The van der Waals surface area contributed by atoms with E-state index in [4.69, 9.17) is 10.5 Å². The van der Waals surface area contributed by atoms with Crippen LogP contribution in [0.1, 0.15) is 29.1 Å². The van der Waals surface area contributed by atoms with E-state index in [-0.39, 0.29) is 0 Å². The zero-order chi connectivity index (χ0) is 20.2. The van der Waals surface area contributed by atoms with Gasteiger partial charge in [0.15, 0.2) is 5.65 Å². The maximum atomic E-state index is 5.78. The van der Waals surface area contributed by atoms with Crippen molar-refractivity contribution in [3.05, 3.63) is 40.6 Å². The summed E-state index contributed by atoms with van der Waals surface area (Å²) in [4.78, 5) is 16.6. The number of hydrogen-bond donors (Lipinski definition) is 1. The number of ether oxygens (including phenoxy) is 1. The Hall–Kier alpha value is -2.78. The van der Waals surface area contributed by atoms with Crippen molar-refractivity contribution in [2.75, 3.05) is 25.9 Å². The van der Waals surface area contributed by atoms with Crippen LogP contribution in [0.2, 0.25) is 0 Å². The van der Waals surface area contributed by atoms with Crippen LogP contribution in [-0.4, -0.2) is 49.7 Å². The molecule has 1 aliphatic heterocycles. The number of para-hydroxylation sites is 1. The number of likely N-dealkylation sites (tertiary alicyclic amines) is 1. The molecule has 152 valence electrons. The Balaban J connectivity index is 0.000000145. The van der Waals surface area contributed by atoms with Crippen LogP contribution in [0.15, 0.2) is 30.7 Å². The fourth-order valence-corrected chi connectivity index (χ4v) is 4.39. The largest absolute Gasteiger partial charge is 0.494 e. The normalized spacial score (nSPS) is 14.7. The van der Waals surface area contributed by atoms with E-state index in [1.807, 2.05) is 35.7 Å². The Bertz CT molecular complexity index is 1100. The quantitative estimate of drug-likeness (QED) is 0.553. The molecule has 2 N–H and O–H groups in total. The molecule has 5 rings (SSSR count). The summed E-state index contributed by atoms with van der Waals surface area (Å²) >= 11 is 1.83. The Morgan fingerprint density at radius 1 is 1.17 bits per heavy atom. The van der Waals surface area contributed by atoms with Crippen LogP contribution in [0.3, 0.4) is 0 Å². The summed E-state index contributed by atoms with van der Waals surface area (Å²) in [7, 11) is 1.60. The average Bonchev–Trinajstić information content (AvgIpc) is 3.39. The molecule has 0 aliphatic carbocycles. The summed E-state index contributed by atoms with van der Waals surface area (Å²) in [6.07, 6.45) is 7.63. The highest BCUT2D eigenvalue weighted by Crippen LogP contribution is 2.26. The van der Waals surface area contributed by atoms with Gasteiger partial charge in [-0.3, -0.25) is 4.90 Å². The number of aryl methyl sites for hydroxylation is 1. The minimum atomic E-state index is 0.296. The molecule has 1 aliphatic rings. The molecule has 1 fully saturated rings. The fourth-order valence-electron chi connectivity index (χ4n) is 3.55. The minimum absolute atomic E-state index is 0.296. The smallest absolute Gasteiger partial charge is 0.223 e. The summed E-state index contributed by atoms with van der Waals surface area (Å²) in [5, 5.41) is 6.05. The van der Waals surface area contributed by atoms with Gasteiger partial charge in [-0.15, -0.1) is 11.3 Å². The van der Waals surface area contributed by atoms with E-state index in [2.05, 4.69) is 31.9 Å². The molecule has 0 spiro atoms. The predicted octanol–water partition coefficient (Wildman–Crippen LogP) is 3.31.